The van der Waals surface area contributed by atoms with E-state index in [1.807, 2.05) is 45.0 Å². The van der Waals surface area contributed by atoms with Crippen molar-refractivity contribution >= 4 is 17.9 Å². The van der Waals surface area contributed by atoms with Crippen LogP contribution >= 0.6 is 0 Å². The van der Waals surface area contributed by atoms with E-state index in [9.17, 15) is 14.4 Å². The topological polar surface area (TPSA) is 87.7 Å². The summed E-state index contributed by atoms with van der Waals surface area (Å²) in [7, 11) is 0. The van der Waals surface area contributed by atoms with Crippen LogP contribution in [0.4, 0.5) is 4.79 Å². The molecule has 7 nitrogen and oxygen atoms in total. The molecular weight excluding hydrogens is 406 g/mol. The molecule has 0 aromatic heterocycles. The van der Waals surface area contributed by atoms with Crippen LogP contribution in [-0.2, 0) is 20.7 Å². The lowest BCUT2D eigenvalue weighted by Gasteiger charge is -2.35. The van der Waals surface area contributed by atoms with Gasteiger partial charge in [0, 0.05) is 12.1 Å². The second-order valence-electron chi connectivity index (χ2n) is 9.45. The van der Waals surface area contributed by atoms with Crippen molar-refractivity contribution in [1.29, 1.82) is 0 Å². The zero-order chi connectivity index (χ0) is 24.5. The summed E-state index contributed by atoms with van der Waals surface area (Å²) in [6, 6.07) is 6.70. The van der Waals surface area contributed by atoms with E-state index in [1.54, 1.807) is 20.8 Å². The fourth-order valence-electron chi connectivity index (χ4n) is 3.48. The van der Waals surface area contributed by atoms with E-state index >= 15 is 0 Å². The second kappa shape index (κ2) is 12.5. The van der Waals surface area contributed by atoms with Gasteiger partial charge in [0.2, 0.25) is 11.8 Å². The van der Waals surface area contributed by atoms with E-state index in [2.05, 4.69) is 24.5 Å². The van der Waals surface area contributed by atoms with Crippen molar-refractivity contribution in [2.45, 2.75) is 98.4 Å². The zero-order valence-electron chi connectivity index (χ0n) is 21.0. The Morgan fingerprint density at radius 1 is 1.03 bits per heavy atom. The van der Waals surface area contributed by atoms with Gasteiger partial charge in [0.25, 0.3) is 0 Å². The third-order valence-electron chi connectivity index (χ3n) is 4.97. The van der Waals surface area contributed by atoms with Gasteiger partial charge in [0.15, 0.2) is 0 Å². The highest BCUT2D eigenvalue weighted by molar-refractivity contribution is 5.90. The lowest BCUT2D eigenvalue weighted by atomic mass is 9.99. The molecule has 180 valence electrons. The number of carbonyl (C=O) groups is 3. The van der Waals surface area contributed by atoms with Gasteiger partial charge in [-0.2, -0.15) is 0 Å². The van der Waals surface area contributed by atoms with Crippen LogP contribution in [0, 0.1) is 0 Å². The summed E-state index contributed by atoms with van der Waals surface area (Å²) in [5.74, 6) is -0.580. The third-order valence-corrected chi connectivity index (χ3v) is 4.97. The molecule has 0 spiro atoms. The van der Waals surface area contributed by atoms with Gasteiger partial charge >= 0.3 is 6.09 Å². The number of alkyl carbamates (subject to hydrolysis) is 1. The molecule has 3 amide bonds. The van der Waals surface area contributed by atoms with Gasteiger partial charge in [-0.1, -0.05) is 44.5 Å². The molecule has 2 N–H and O–H groups in total. The van der Waals surface area contributed by atoms with Crippen LogP contribution in [0.25, 0.3) is 0 Å². The summed E-state index contributed by atoms with van der Waals surface area (Å²) in [6.45, 7) is 14.8. The van der Waals surface area contributed by atoms with Gasteiger partial charge in [-0.3, -0.25) is 9.59 Å². The van der Waals surface area contributed by atoms with E-state index in [-0.39, 0.29) is 30.4 Å². The highest BCUT2D eigenvalue weighted by atomic mass is 16.6. The standard InChI is InChI=1S/C25H41N3O4/c1-9-11-18(5)27-23(30)22(20-14-12-19(10-2)13-15-20)28(17(3)4)21(29)16-26-24(31)32-25(6,7)8/h12-15,17-18,22H,9-11,16H2,1-8H3,(H,26,31)(H,27,30). The number of hydrogen-bond donors (Lipinski definition) is 2. The Labute approximate surface area is 193 Å². The first-order valence-corrected chi connectivity index (χ1v) is 11.6. The number of nitrogens with one attached hydrogen (secondary N) is 2. The molecule has 0 heterocycles. The van der Waals surface area contributed by atoms with Crippen molar-refractivity contribution in [2.24, 2.45) is 0 Å². The Hall–Kier alpha value is -2.57. The predicted molar refractivity (Wildman–Crippen MR) is 127 cm³/mol. The summed E-state index contributed by atoms with van der Waals surface area (Å²) >= 11 is 0. The van der Waals surface area contributed by atoms with E-state index < -0.39 is 17.7 Å². The van der Waals surface area contributed by atoms with Gasteiger partial charge < -0.3 is 20.3 Å². The van der Waals surface area contributed by atoms with Gasteiger partial charge in [0.1, 0.15) is 18.2 Å². The summed E-state index contributed by atoms with van der Waals surface area (Å²) in [5.41, 5.74) is 1.23. The molecular formula is C25H41N3O4. The zero-order valence-corrected chi connectivity index (χ0v) is 21.0. The number of ether oxygens (including phenoxy) is 1. The first-order valence-electron chi connectivity index (χ1n) is 11.6. The SMILES string of the molecule is CCCC(C)NC(=O)C(c1ccc(CC)cc1)N(C(=O)CNC(=O)OC(C)(C)C)C(C)C. The molecule has 2 atom stereocenters. The van der Waals surface area contributed by atoms with Crippen molar-refractivity contribution < 1.29 is 19.1 Å². The fourth-order valence-corrected chi connectivity index (χ4v) is 3.48. The van der Waals surface area contributed by atoms with Crippen LogP contribution in [0.1, 0.15) is 85.4 Å². The van der Waals surface area contributed by atoms with E-state index in [4.69, 9.17) is 4.74 Å². The van der Waals surface area contributed by atoms with E-state index in [1.165, 1.54) is 4.90 Å². The first kappa shape index (κ1) is 27.5. The molecule has 0 aliphatic carbocycles. The lowest BCUT2D eigenvalue weighted by Crippen LogP contribution is -2.51. The number of benzene rings is 1. The minimum Gasteiger partial charge on any atom is -0.444 e. The van der Waals surface area contributed by atoms with Crippen LogP contribution in [-0.4, -0.2) is 47.0 Å². The van der Waals surface area contributed by atoms with Gasteiger partial charge in [-0.25, -0.2) is 4.79 Å². The maximum absolute atomic E-state index is 13.3. The van der Waals surface area contributed by atoms with E-state index in [0.717, 1.165) is 30.4 Å². The molecule has 1 rings (SSSR count). The molecule has 0 aliphatic rings. The highest BCUT2D eigenvalue weighted by Gasteiger charge is 2.34. The van der Waals surface area contributed by atoms with Gasteiger partial charge in [-0.05, 0) is 65.5 Å². The van der Waals surface area contributed by atoms with Crippen molar-refractivity contribution in [3.05, 3.63) is 35.4 Å². The monoisotopic (exact) mass is 447 g/mol. The number of hydrogen-bond acceptors (Lipinski definition) is 4. The van der Waals surface area contributed by atoms with Crippen LogP contribution in [0.5, 0.6) is 0 Å². The minimum absolute atomic E-state index is 0.00563. The number of rotatable bonds is 10. The van der Waals surface area contributed by atoms with Crippen LogP contribution < -0.4 is 10.6 Å². The lowest BCUT2D eigenvalue weighted by molar-refractivity contribution is -0.142. The smallest absolute Gasteiger partial charge is 0.408 e. The molecule has 0 saturated carbocycles. The Balaban J connectivity index is 3.18. The highest BCUT2D eigenvalue weighted by Crippen LogP contribution is 2.25. The molecule has 0 aliphatic heterocycles. The van der Waals surface area contributed by atoms with E-state index in [0.29, 0.717) is 0 Å². The second-order valence-corrected chi connectivity index (χ2v) is 9.45. The first-order chi connectivity index (χ1) is 14.9. The van der Waals surface area contributed by atoms with Crippen LogP contribution in [0.2, 0.25) is 0 Å². The van der Waals surface area contributed by atoms with Gasteiger partial charge in [-0.15, -0.1) is 0 Å². The molecule has 0 saturated heterocycles. The Bertz CT molecular complexity index is 753. The van der Waals surface area contributed by atoms with Crippen LogP contribution in [0.15, 0.2) is 24.3 Å². The van der Waals surface area contributed by atoms with Crippen LogP contribution in [0.3, 0.4) is 0 Å². The van der Waals surface area contributed by atoms with Crippen molar-refractivity contribution in [3.8, 4) is 0 Å². The molecule has 1 aromatic rings. The minimum atomic E-state index is -0.798. The summed E-state index contributed by atoms with van der Waals surface area (Å²) in [4.78, 5) is 40.1. The fraction of sp³-hybridized carbons (Fsp3) is 0.640. The summed E-state index contributed by atoms with van der Waals surface area (Å²) in [6.07, 6.45) is 2.02. The quantitative estimate of drug-likeness (QED) is 0.558. The average molecular weight is 448 g/mol. The Morgan fingerprint density at radius 2 is 1.62 bits per heavy atom. The number of amides is 3. The molecule has 0 bridgehead atoms. The molecule has 7 heteroatoms. The maximum atomic E-state index is 13.3. The molecule has 2 unspecified atom stereocenters. The molecule has 0 fully saturated rings. The summed E-state index contributed by atoms with van der Waals surface area (Å²) in [5, 5.41) is 5.56. The average Bonchev–Trinajstić information content (AvgIpc) is 2.68. The number of nitrogens with zero attached hydrogens (tertiary/aromatic N) is 1. The van der Waals surface area contributed by atoms with Crippen molar-refractivity contribution in [3.63, 3.8) is 0 Å². The number of carbonyl (C=O) groups excluding carboxylic acids is 3. The normalized spacial score (nSPS) is 13.3. The predicted octanol–water partition coefficient (Wildman–Crippen LogP) is 4.36. The summed E-state index contributed by atoms with van der Waals surface area (Å²) < 4.78 is 5.23. The largest absolute Gasteiger partial charge is 0.444 e. The third kappa shape index (κ3) is 8.89. The van der Waals surface area contributed by atoms with Gasteiger partial charge in [0.05, 0.1) is 0 Å². The molecule has 0 radical (unpaired) electrons. The number of aryl methyl sites for hydroxylation is 1. The Morgan fingerprint density at radius 3 is 2.09 bits per heavy atom. The maximum Gasteiger partial charge on any atom is 0.408 e. The Kier molecular flexibility index (Phi) is 10.7. The molecule has 1 aromatic carbocycles. The van der Waals surface area contributed by atoms with Crippen molar-refractivity contribution in [2.75, 3.05) is 6.54 Å². The molecule has 32 heavy (non-hydrogen) atoms. The van der Waals surface area contributed by atoms with Crippen molar-refractivity contribution in [1.82, 2.24) is 15.5 Å².